The highest BCUT2D eigenvalue weighted by molar-refractivity contribution is 7.90. The fraction of sp³-hybridized carbons (Fsp3) is 0.174. The average molecular weight is 448 g/mol. The highest BCUT2D eigenvalue weighted by atomic mass is 32.2. The van der Waals surface area contributed by atoms with E-state index in [1.165, 1.54) is 11.1 Å². The molecule has 2 aromatic carbocycles. The summed E-state index contributed by atoms with van der Waals surface area (Å²) in [6.07, 6.45) is 5.79. The van der Waals surface area contributed by atoms with Gasteiger partial charge in [0.15, 0.2) is 0 Å². The van der Waals surface area contributed by atoms with Gasteiger partial charge in [-0.1, -0.05) is 30.3 Å². The predicted octanol–water partition coefficient (Wildman–Crippen LogP) is 4.29. The van der Waals surface area contributed by atoms with E-state index < -0.39 is 9.84 Å². The molecule has 1 aliphatic rings. The van der Waals surface area contributed by atoms with E-state index in [9.17, 15) is 8.42 Å². The number of rotatable bonds is 6. The number of aryl methyl sites for hydroxylation is 1. The molecule has 162 valence electrons. The van der Waals surface area contributed by atoms with Crippen LogP contribution in [0.2, 0.25) is 0 Å². The quantitative estimate of drug-likeness (QED) is 0.453. The molecule has 0 aliphatic heterocycles. The number of aromatic amines is 1. The molecule has 0 saturated heterocycles. The molecular formula is C23H21N5O3S. The molecule has 2 N–H and O–H groups in total. The molecule has 0 spiro atoms. The Balaban J connectivity index is 1.54. The molecule has 2 aromatic heterocycles. The number of fused-ring (bicyclic) bond motifs is 1. The highest BCUT2D eigenvalue weighted by Gasteiger charge is 2.21. The fourth-order valence-electron chi connectivity index (χ4n) is 3.87. The smallest absolute Gasteiger partial charge is 0.247 e. The molecule has 0 amide bonds. The minimum atomic E-state index is -3.48. The third-order valence-electron chi connectivity index (χ3n) is 5.35. The maximum Gasteiger partial charge on any atom is 0.247 e. The second kappa shape index (κ2) is 8.08. The van der Waals surface area contributed by atoms with Gasteiger partial charge < -0.3 is 10.1 Å². The summed E-state index contributed by atoms with van der Waals surface area (Å²) in [5, 5.41) is 9.62. The number of hydrogen-bond donors (Lipinski definition) is 2. The molecule has 1 aliphatic carbocycles. The van der Waals surface area contributed by atoms with Crippen molar-refractivity contribution in [3.63, 3.8) is 0 Å². The second-order valence-electron chi connectivity index (χ2n) is 7.64. The van der Waals surface area contributed by atoms with Crippen molar-refractivity contribution in [2.24, 2.45) is 0 Å². The van der Waals surface area contributed by atoms with Crippen molar-refractivity contribution in [2.75, 3.05) is 11.6 Å². The van der Waals surface area contributed by atoms with Crippen LogP contribution in [0, 0.1) is 0 Å². The first-order valence-corrected chi connectivity index (χ1v) is 12.1. The maximum atomic E-state index is 11.8. The monoisotopic (exact) mass is 447 g/mol. The summed E-state index contributed by atoms with van der Waals surface area (Å²) in [5.41, 5.74) is 5.19. The summed E-state index contributed by atoms with van der Waals surface area (Å²) in [6, 6.07) is 17.5. The van der Waals surface area contributed by atoms with Crippen LogP contribution in [0.5, 0.6) is 11.6 Å². The molecule has 0 unspecified atom stereocenters. The number of hydrogen-bond acceptors (Lipinski definition) is 7. The molecule has 0 saturated carbocycles. The van der Waals surface area contributed by atoms with Crippen molar-refractivity contribution in [3.8, 4) is 22.8 Å². The largest absolute Gasteiger partial charge is 0.439 e. The van der Waals surface area contributed by atoms with Gasteiger partial charge in [0.2, 0.25) is 26.8 Å². The first kappa shape index (κ1) is 20.2. The third-order valence-corrected chi connectivity index (χ3v) is 6.23. The van der Waals surface area contributed by atoms with Crippen LogP contribution in [-0.4, -0.2) is 34.8 Å². The van der Waals surface area contributed by atoms with Crippen LogP contribution in [-0.2, 0) is 22.7 Å². The molecule has 0 radical (unpaired) electrons. The topological polar surface area (TPSA) is 110 Å². The van der Waals surface area contributed by atoms with E-state index in [0.717, 1.165) is 42.3 Å². The number of H-pyrrole nitrogens is 1. The Kier molecular flexibility index (Phi) is 5.10. The van der Waals surface area contributed by atoms with Gasteiger partial charge in [-0.15, -0.1) is 5.10 Å². The van der Waals surface area contributed by atoms with Gasteiger partial charge >= 0.3 is 0 Å². The van der Waals surface area contributed by atoms with Gasteiger partial charge in [0, 0.05) is 24.1 Å². The van der Waals surface area contributed by atoms with Crippen molar-refractivity contribution in [1.82, 2.24) is 20.2 Å². The highest BCUT2D eigenvalue weighted by Crippen LogP contribution is 2.39. The van der Waals surface area contributed by atoms with E-state index in [2.05, 4.69) is 37.6 Å². The summed E-state index contributed by atoms with van der Waals surface area (Å²) >= 11 is 0. The summed E-state index contributed by atoms with van der Waals surface area (Å²) in [6.45, 7) is 0. The zero-order chi connectivity index (χ0) is 22.1. The summed E-state index contributed by atoms with van der Waals surface area (Å²) in [4.78, 5) is 8.45. The molecule has 0 fully saturated rings. The minimum Gasteiger partial charge on any atom is -0.439 e. The first-order chi connectivity index (χ1) is 15.5. The number of benzene rings is 2. The Morgan fingerprint density at radius 2 is 1.91 bits per heavy atom. The van der Waals surface area contributed by atoms with Crippen molar-refractivity contribution in [3.05, 3.63) is 71.9 Å². The number of para-hydroxylation sites is 1. The van der Waals surface area contributed by atoms with Crippen LogP contribution in [0.3, 0.4) is 0 Å². The summed E-state index contributed by atoms with van der Waals surface area (Å²) in [5.74, 6) is 1.40. The van der Waals surface area contributed by atoms with Crippen molar-refractivity contribution >= 4 is 21.5 Å². The van der Waals surface area contributed by atoms with Gasteiger partial charge in [0.05, 0.1) is 5.69 Å². The first-order valence-electron chi connectivity index (χ1n) is 10.2. The number of pyridine rings is 1. The predicted molar refractivity (Wildman–Crippen MR) is 121 cm³/mol. The number of anilines is 2. The van der Waals surface area contributed by atoms with Gasteiger partial charge in [-0.2, -0.15) is 4.98 Å². The van der Waals surface area contributed by atoms with Gasteiger partial charge in [-0.05, 0) is 54.2 Å². The number of nitrogens with zero attached hydrogens (tertiary/aromatic N) is 3. The Hall–Kier alpha value is -3.72. The van der Waals surface area contributed by atoms with E-state index in [1.807, 2.05) is 42.5 Å². The molecule has 9 heteroatoms. The lowest BCUT2D eigenvalue weighted by atomic mass is 9.98. The van der Waals surface area contributed by atoms with E-state index in [1.54, 1.807) is 6.20 Å². The minimum absolute atomic E-state index is 0.170. The van der Waals surface area contributed by atoms with Gasteiger partial charge in [0.25, 0.3) is 0 Å². The third kappa shape index (κ3) is 4.06. The lowest BCUT2D eigenvalue weighted by Gasteiger charge is -2.16. The Labute approximate surface area is 185 Å². The zero-order valence-corrected chi connectivity index (χ0v) is 18.2. The molecule has 5 rings (SSSR count). The Bertz CT molecular complexity index is 1380. The summed E-state index contributed by atoms with van der Waals surface area (Å²) in [7, 11) is -3.48. The maximum absolute atomic E-state index is 11.8. The van der Waals surface area contributed by atoms with Crippen LogP contribution in [0.1, 0.15) is 17.5 Å². The number of ether oxygens (including phenoxy) is 1. The molecular weight excluding hydrogens is 426 g/mol. The molecule has 32 heavy (non-hydrogen) atoms. The second-order valence-corrected chi connectivity index (χ2v) is 9.57. The van der Waals surface area contributed by atoms with Crippen molar-refractivity contribution < 1.29 is 13.2 Å². The van der Waals surface area contributed by atoms with E-state index in [0.29, 0.717) is 11.6 Å². The number of nitrogens with one attached hydrogen (secondary N) is 2. The van der Waals surface area contributed by atoms with E-state index >= 15 is 0 Å². The standard InChI is InChI=1S/C23H21N5O3S/c1-32(29,30)23-26-22(27-28-23)25-21-18-9-5-6-15(18)10-11-19(21)16-12-13-24-20(14-16)31-17-7-3-2-4-8-17/h2-4,7-8,10-14H,5-6,9H2,1H3,(H2,25,26,27,28). The molecule has 2 heterocycles. The van der Waals surface area contributed by atoms with E-state index in [-0.39, 0.29) is 11.1 Å². The summed E-state index contributed by atoms with van der Waals surface area (Å²) < 4.78 is 29.5. The number of aromatic nitrogens is 4. The van der Waals surface area contributed by atoms with Crippen LogP contribution < -0.4 is 10.1 Å². The van der Waals surface area contributed by atoms with Gasteiger partial charge in [0.1, 0.15) is 5.75 Å². The Morgan fingerprint density at radius 1 is 1.06 bits per heavy atom. The molecule has 0 bridgehead atoms. The Morgan fingerprint density at radius 3 is 2.69 bits per heavy atom. The average Bonchev–Trinajstić information content (AvgIpc) is 3.44. The molecule has 0 atom stereocenters. The lowest BCUT2D eigenvalue weighted by Crippen LogP contribution is -2.02. The lowest BCUT2D eigenvalue weighted by molar-refractivity contribution is 0.463. The molecule has 4 aromatic rings. The van der Waals surface area contributed by atoms with Crippen LogP contribution >= 0.6 is 0 Å². The van der Waals surface area contributed by atoms with Crippen molar-refractivity contribution in [2.45, 2.75) is 24.4 Å². The van der Waals surface area contributed by atoms with Crippen LogP contribution in [0.25, 0.3) is 11.1 Å². The van der Waals surface area contributed by atoms with Crippen molar-refractivity contribution in [1.29, 1.82) is 0 Å². The number of sulfone groups is 1. The SMILES string of the molecule is CS(=O)(=O)c1nc(Nc2c(-c3ccnc(Oc4ccccc4)c3)ccc3c2CCC3)n[nH]1. The van der Waals surface area contributed by atoms with Crippen LogP contribution in [0.4, 0.5) is 11.6 Å². The van der Waals surface area contributed by atoms with E-state index in [4.69, 9.17) is 4.74 Å². The van der Waals surface area contributed by atoms with Gasteiger partial charge in [-0.3, -0.25) is 0 Å². The van der Waals surface area contributed by atoms with Crippen LogP contribution in [0.15, 0.2) is 66.0 Å². The normalized spacial score (nSPS) is 13.0. The fourth-order valence-corrected chi connectivity index (χ4v) is 4.34. The molecule has 8 nitrogen and oxygen atoms in total. The van der Waals surface area contributed by atoms with Gasteiger partial charge in [-0.25, -0.2) is 18.5 Å². The zero-order valence-electron chi connectivity index (χ0n) is 17.4.